The molecular weight excluding hydrogens is 315 g/mol. The third-order valence-corrected chi connectivity index (χ3v) is 3.31. The third-order valence-electron chi connectivity index (χ3n) is 3.31. The van der Waals surface area contributed by atoms with E-state index in [4.69, 9.17) is 9.47 Å². The first kappa shape index (κ1) is 15.8. The predicted molar refractivity (Wildman–Crippen MR) is 85.8 cm³/mol. The third kappa shape index (κ3) is 3.62. The number of aryl methyl sites for hydroxylation is 1. The van der Waals surface area contributed by atoms with Crippen LogP contribution in [-0.2, 0) is 9.59 Å². The second-order valence-corrected chi connectivity index (χ2v) is 5.32. The Morgan fingerprint density at radius 3 is 2.83 bits per heavy atom. The molecule has 2 aromatic carbocycles. The number of carbonyl (C=O) groups is 2. The minimum atomic E-state index is -0.396. The molecule has 1 aliphatic heterocycles. The first-order valence-electron chi connectivity index (χ1n) is 7.27. The van der Waals surface area contributed by atoms with E-state index in [9.17, 15) is 14.0 Å². The van der Waals surface area contributed by atoms with Crippen LogP contribution in [0.4, 0.5) is 15.8 Å². The van der Waals surface area contributed by atoms with Crippen molar-refractivity contribution in [2.45, 2.75) is 6.92 Å². The van der Waals surface area contributed by atoms with Crippen molar-refractivity contribution in [3.05, 3.63) is 47.8 Å². The largest absolute Gasteiger partial charge is 0.484 e. The summed E-state index contributed by atoms with van der Waals surface area (Å²) < 4.78 is 23.5. The van der Waals surface area contributed by atoms with Gasteiger partial charge < -0.3 is 20.1 Å². The zero-order valence-electron chi connectivity index (χ0n) is 12.9. The van der Waals surface area contributed by atoms with E-state index in [0.717, 1.165) is 5.56 Å². The number of hydrogen-bond donors (Lipinski definition) is 2. The summed E-state index contributed by atoms with van der Waals surface area (Å²) in [6.07, 6.45) is 0. The molecule has 0 bridgehead atoms. The molecule has 1 aliphatic rings. The van der Waals surface area contributed by atoms with Crippen LogP contribution in [0.15, 0.2) is 36.4 Å². The lowest BCUT2D eigenvalue weighted by Gasteiger charge is -2.21. The summed E-state index contributed by atoms with van der Waals surface area (Å²) in [5.41, 5.74) is 1.83. The number of halogens is 1. The highest BCUT2D eigenvalue weighted by Gasteiger charge is 2.21. The van der Waals surface area contributed by atoms with Crippen molar-refractivity contribution in [2.75, 3.05) is 23.8 Å². The van der Waals surface area contributed by atoms with Crippen LogP contribution in [0.25, 0.3) is 0 Å². The molecule has 2 amide bonds. The van der Waals surface area contributed by atoms with Gasteiger partial charge in [-0.1, -0.05) is 0 Å². The Morgan fingerprint density at radius 1 is 1.33 bits per heavy atom. The van der Waals surface area contributed by atoms with Gasteiger partial charge >= 0.3 is 0 Å². The zero-order valence-corrected chi connectivity index (χ0v) is 12.9. The maximum absolute atomic E-state index is 12.8. The highest BCUT2D eigenvalue weighted by Crippen LogP contribution is 2.36. The lowest BCUT2D eigenvalue weighted by molar-refractivity contribution is -0.118. The SMILES string of the molecule is Cc1cc(NC(=O)COc2ccc(F)cc2)c2c(c1)NC(=O)CO2. The van der Waals surface area contributed by atoms with Gasteiger partial charge in [0, 0.05) is 0 Å². The highest BCUT2D eigenvalue weighted by molar-refractivity contribution is 6.00. The number of hydrogen-bond acceptors (Lipinski definition) is 4. The summed E-state index contributed by atoms with van der Waals surface area (Å²) in [6, 6.07) is 8.89. The number of carbonyl (C=O) groups excluding carboxylic acids is 2. The highest BCUT2D eigenvalue weighted by atomic mass is 19.1. The van der Waals surface area contributed by atoms with Crippen molar-refractivity contribution >= 4 is 23.2 Å². The van der Waals surface area contributed by atoms with Gasteiger partial charge in [0.25, 0.3) is 11.8 Å². The van der Waals surface area contributed by atoms with E-state index in [1.165, 1.54) is 24.3 Å². The minimum absolute atomic E-state index is 0.106. The molecule has 0 saturated heterocycles. The standard InChI is InChI=1S/C17H15FN2O4/c1-10-6-13(17-14(7-10)20-16(22)9-24-17)19-15(21)8-23-12-4-2-11(18)3-5-12/h2-7H,8-9H2,1H3,(H,19,21)(H,20,22). The van der Waals surface area contributed by atoms with E-state index in [1.54, 1.807) is 12.1 Å². The molecule has 0 spiro atoms. The van der Waals surface area contributed by atoms with Gasteiger partial charge in [0.05, 0.1) is 11.4 Å². The fourth-order valence-corrected chi connectivity index (χ4v) is 2.30. The maximum Gasteiger partial charge on any atom is 0.262 e. The zero-order chi connectivity index (χ0) is 17.1. The van der Waals surface area contributed by atoms with E-state index >= 15 is 0 Å². The van der Waals surface area contributed by atoms with Crippen LogP contribution in [0.2, 0.25) is 0 Å². The van der Waals surface area contributed by atoms with Crippen molar-refractivity contribution in [3.8, 4) is 11.5 Å². The smallest absolute Gasteiger partial charge is 0.262 e. The summed E-state index contributed by atoms with van der Waals surface area (Å²) in [4.78, 5) is 23.4. The van der Waals surface area contributed by atoms with Crippen molar-refractivity contribution in [1.29, 1.82) is 0 Å². The van der Waals surface area contributed by atoms with Gasteiger partial charge in [0.2, 0.25) is 0 Å². The van der Waals surface area contributed by atoms with Gasteiger partial charge in [-0.05, 0) is 48.9 Å². The number of fused-ring (bicyclic) bond motifs is 1. The number of rotatable bonds is 4. The second-order valence-electron chi connectivity index (χ2n) is 5.32. The monoisotopic (exact) mass is 330 g/mol. The molecule has 3 rings (SSSR count). The van der Waals surface area contributed by atoms with Crippen LogP contribution < -0.4 is 20.1 Å². The Kier molecular flexibility index (Phi) is 4.33. The molecule has 7 heteroatoms. The quantitative estimate of drug-likeness (QED) is 0.903. The average Bonchev–Trinajstić information content (AvgIpc) is 2.53. The van der Waals surface area contributed by atoms with Gasteiger partial charge in [-0.25, -0.2) is 4.39 Å². The fraction of sp³-hybridized carbons (Fsp3) is 0.176. The number of ether oxygens (including phenoxy) is 2. The fourth-order valence-electron chi connectivity index (χ4n) is 2.30. The van der Waals surface area contributed by atoms with E-state index in [1.807, 2.05) is 6.92 Å². The van der Waals surface area contributed by atoms with Crippen molar-refractivity contribution in [3.63, 3.8) is 0 Å². The molecule has 2 aromatic rings. The Hall–Kier alpha value is -3.09. The van der Waals surface area contributed by atoms with E-state index in [-0.39, 0.29) is 24.9 Å². The topological polar surface area (TPSA) is 76.7 Å². The van der Waals surface area contributed by atoms with Crippen LogP contribution in [0.3, 0.4) is 0 Å². The number of benzene rings is 2. The van der Waals surface area contributed by atoms with Crippen LogP contribution in [0.1, 0.15) is 5.56 Å². The van der Waals surface area contributed by atoms with Gasteiger partial charge in [-0.15, -0.1) is 0 Å². The number of amides is 2. The van der Waals surface area contributed by atoms with Gasteiger partial charge in [-0.2, -0.15) is 0 Å². The van der Waals surface area contributed by atoms with Gasteiger partial charge in [-0.3, -0.25) is 9.59 Å². The molecule has 0 radical (unpaired) electrons. The molecule has 0 fully saturated rings. The molecule has 0 saturated carbocycles. The van der Waals surface area contributed by atoms with Crippen LogP contribution in [0.5, 0.6) is 11.5 Å². The summed E-state index contributed by atoms with van der Waals surface area (Å²) in [5, 5.41) is 5.39. The van der Waals surface area contributed by atoms with E-state index < -0.39 is 5.91 Å². The molecular formula is C17H15FN2O4. The lowest BCUT2D eigenvalue weighted by Crippen LogP contribution is -2.27. The van der Waals surface area contributed by atoms with Gasteiger partial charge in [0.1, 0.15) is 11.6 Å². The average molecular weight is 330 g/mol. The van der Waals surface area contributed by atoms with E-state index in [2.05, 4.69) is 10.6 Å². The van der Waals surface area contributed by atoms with Crippen LogP contribution in [0, 0.1) is 12.7 Å². The second kappa shape index (κ2) is 6.57. The predicted octanol–water partition coefficient (Wildman–Crippen LogP) is 2.48. The minimum Gasteiger partial charge on any atom is -0.484 e. The Labute approximate surface area is 137 Å². The maximum atomic E-state index is 12.8. The van der Waals surface area contributed by atoms with Gasteiger partial charge in [0.15, 0.2) is 19.0 Å². The van der Waals surface area contributed by atoms with Crippen LogP contribution >= 0.6 is 0 Å². The summed E-state index contributed by atoms with van der Waals surface area (Å²) in [5.74, 6) is -0.216. The van der Waals surface area contributed by atoms with Crippen molar-refractivity contribution in [1.82, 2.24) is 0 Å². The molecule has 1 heterocycles. The number of anilines is 2. The molecule has 0 atom stereocenters. The molecule has 2 N–H and O–H groups in total. The molecule has 0 unspecified atom stereocenters. The molecule has 124 valence electrons. The summed E-state index contributed by atoms with van der Waals surface area (Å²) in [7, 11) is 0. The number of nitrogens with one attached hydrogen (secondary N) is 2. The normalized spacial score (nSPS) is 12.7. The Bertz CT molecular complexity index is 790. The van der Waals surface area contributed by atoms with E-state index in [0.29, 0.717) is 22.9 Å². The molecule has 0 aromatic heterocycles. The van der Waals surface area contributed by atoms with Crippen LogP contribution in [-0.4, -0.2) is 25.0 Å². The first-order valence-corrected chi connectivity index (χ1v) is 7.27. The van der Waals surface area contributed by atoms with Crippen molar-refractivity contribution < 1.29 is 23.5 Å². The van der Waals surface area contributed by atoms with Crippen molar-refractivity contribution in [2.24, 2.45) is 0 Å². The molecule has 24 heavy (non-hydrogen) atoms. The summed E-state index contributed by atoms with van der Waals surface area (Å²) >= 11 is 0. The Morgan fingerprint density at radius 2 is 2.08 bits per heavy atom. The Balaban J connectivity index is 1.68. The lowest BCUT2D eigenvalue weighted by atomic mass is 10.1. The summed E-state index contributed by atoms with van der Waals surface area (Å²) in [6.45, 7) is 1.50. The molecule has 6 nitrogen and oxygen atoms in total. The molecule has 0 aliphatic carbocycles. The first-order chi connectivity index (χ1) is 11.5.